The van der Waals surface area contributed by atoms with Crippen LogP contribution in [-0.4, -0.2) is 43.0 Å². The summed E-state index contributed by atoms with van der Waals surface area (Å²) in [4.78, 5) is 26.9. The largest absolute Gasteiger partial charge is 0.449 e. The molecule has 1 amide bonds. The van der Waals surface area contributed by atoms with E-state index in [-0.39, 0.29) is 17.5 Å². The van der Waals surface area contributed by atoms with Crippen molar-refractivity contribution in [3.05, 3.63) is 65.0 Å². The van der Waals surface area contributed by atoms with Gasteiger partial charge in [-0.1, -0.05) is 6.07 Å². The number of hydrogen-bond donors (Lipinski definition) is 2. The third-order valence-electron chi connectivity index (χ3n) is 6.02. The number of ketones is 1. The summed E-state index contributed by atoms with van der Waals surface area (Å²) in [6.07, 6.45) is 1.91. The zero-order chi connectivity index (χ0) is 21.6. The van der Waals surface area contributed by atoms with Crippen LogP contribution in [0.2, 0.25) is 0 Å². The standard InChI is InChI=1S/C24H28FN3O3/c25-21-5-2-17(3-6-21)23(29)18-8-11-28(12-9-18)10-1-13-31-24(30)27-22-7-4-19-15-26-16-20(19)14-22/h2-7,14,18,26H,1,8-13,15-16H2,(H,27,30). The average molecular weight is 426 g/mol. The fourth-order valence-corrected chi connectivity index (χ4v) is 4.25. The summed E-state index contributed by atoms with van der Waals surface area (Å²) in [5, 5.41) is 6.06. The third-order valence-corrected chi connectivity index (χ3v) is 6.02. The lowest BCUT2D eigenvalue weighted by Gasteiger charge is -2.31. The van der Waals surface area contributed by atoms with Crippen molar-refractivity contribution in [2.75, 3.05) is 31.6 Å². The predicted octanol–water partition coefficient (Wildman–Crippen LogP) is 3.96. The molecule has 0 atom stereocenters. The molecule has 2 heterocycles. The van der Waals surface area contributed by atoms with Crippen LogP contribution < -0.4 is 10.6 Å². The van der Waals surface area contributed by atoms with E-state index in [9.17, 15) is 14.0 Å². The van der Waals surface area contributed by atoms with Crippen LogP contribution in [0.25, 0.3) is 0 Å². The number of likely N-dealkylation sites (tertiary alicyclic amines) is 1. The summed E-state index contributed by atoms with van der Waals surface area (Å²) in [5.41, 5.74) is 3.81. The van der Waals surface area contributed by atoms with Crippen molar-refractivity contribution in [2.45, 2.75) is 32.4 Å². The predicted molar refractivity (Wildman–Crippen MR) is 116 cm³/mol. The summed E-state index contributed by atoms with van der Waals surface area (Å²) >= 11 is 0. The van der Waals surface area contributed by atoms with Crippen molar-refractivity contribution in [3.63, 3.8) is 0 Å². The number of carbonyl (C=O) groups excluding carboxylic acids is 2. The normalized spacial score (nSPS) is 16.7. The van der Waals surface area contributed by atoms with Gasteiger partial charge in [-0.3, -0.25) is 10.1 Å². The van der Waals surface area contributed by atoms with Gasteiger partial charge in [0.2, 0.25) is 0 Å². The van der Waals surface area contributed by atoms with E-state index in [1.165, 1.54) is 23.3 Å². The van der Waals surface area contributed by atoms with Crippen LogP contribution in [0.15, 0.2) is 42.5 Å². The Balaban J connectivity index is 1.12. The molecule has 0 aliphatic carbocycles. The molecule has 0 bridgehead atoms. The lowest BCUT2D eigenvalue weighted by atomic mass is 9.89. The van der Waals surface area contributed by atoms with Crippen molar-refractivity contribution >= 4 is 17.6 Å². The van der Waals surface area contributed by atoms with E-state index < -0.39 is 6.09 Å². The highest BCUT2D eigenvalue weighted by Crippen LogP contribution is 2.22. The van der Waals surface area contributed by atoms with E-state index in [4.69, 9.17) is 4.74 Å². The van der Waals surface area contributed by atoms with E-state index in [0.717, 1.165) is 57.7 Å². The molecule has 2 N–H and O–H groups in total. The molecule has 1 fully saturated rings. The molecule has 2 aromatic carbocycles. The Morgan fingerprint density at radius 1 is 1.06 bits per heavy atom. The Labute approximate surface area is 181 Å². The number of amides is 1. The molecular weight excluding hydrogens is 397 g/mol. The molecule has 2 aromatic rings. The minimum atomic E-state index is -0.436. The number of carbonyl (C=O) groups is 2. The number of benzene rings is 2. The molecule has 7 heteroatoms. The zero-order valence-corrected chi connectivity index (χ0v) is 17.5. The van der Waals surface area contributed by atoms with Crippen molar-refractivity contribution in [1.29, 1.82) is 0 Å². The Morgan fingerprint density at radius 3 is 2.58 bits per heavy atom. The van der Waals surface area contributed by atoms with Gasteiger partial charge in [0.1, 0.15) is 5.82 Å². The number of nitrogens with zero attached hydrogens (tertiary/aromatic N) is 1. The highest BCUT2D eigenvalue weighted by Gasteiger charge is 2.25. The van der Waals surface area contributed by atoms with Gasteiger partial charge >= 0.3 is 6.09 Å². The number of anilines is 1. The fourth-order valence-electron chi connectivity index (χ4n) is 4.25. The van der Waals surface area contributed by atoms with Gasteiger partial charge in [0.25, 0.3) is 0 Å². The first kappa shape index (κ1) is 21.5. The quantitative estimate of drug-likeness (QED) is 0.519. The molecule has 0 aromatic heterocycles. The number of Topliss-reactive ketones (excluding diaryl/α,β-unsaturated/α-hetero) is 1. The van der Waals surface area contributed by atoms with Crippen molar-refractivity contribution in [2.24, 2.45) is 5.92 Å². The highest BCUT2D eigenvalue weighted by molar-refractivity contribution is 5.97. The Hall–Kier alpha value is -2.77. The molecule has 164 valence electrons. The molecule has 0 spiro atoms. The van der Waals surface area contributed by atoms with Crippen molar-refractivity contribution in [1.82, 2.24) is 10.2 Å². The number of hydrogen-bond acceptors (Lipinski definition) is 5. The zero-order valence-electron chi connectivity index (χ0n) is 17.5. The molecular formula is C24H28FN3O3. The maximum Gasteiger partial charge on any atom is 0.411 e. The Morgan fingerprint density at radius 2 is 1.81 bits per heavy atom. The molecule has 4 rings (SSSR count). The molecule has 6 nitrogen and oxygen atoms in total. The molecule has 0 saturated carbocycles. The van der Waals surface area contributed by atoms with Crippen LogP contribution in [-0.2, 0) is 17.8 Å². The number of ether oxygens (including phenoxy) is 1. The average Bonchev–Trinajstić information content (AvgIpc) is 3.25. The topological polar surface area (TPSA) is 70.7 Å². The number of nitrogens with one attached hydrogen (secondary N) is 2. The van der Waals surface area contributed by atoms with Crippen LogP contribution in [0.3, 0.4) is 0 Å². The maximum absolute atomic E-state index is 13.0. The third kappa shape index (κ3) is 5.68. The number of halogens is 1. The van der Waals surface area contributed by atoms with Gasteiger partial charge in [-0.05, 0) is 79.9 Å². The van der Waals surface area contributed by atoms with Crippen LogP contribution >= 0.6 is 0 Å². The van der Waals surface area contributed by atoms with Crippen molar-refractivity contribution in [3.8, 4) is 0 Å². The van der Waals surface area contributed by atoms with Gasteiger partial charge in [0.05, 0.1) is 6.61 Å². The van der Waals surface area contributed by atoms with Gasteiger partial charge < -0.3 is 15.0 Å². The second-order valence-corrected chi connectivity index (χ2v) is 8.19. The van der Waals surface area contributed by atoms with Gasteiger partial charge in [0, 0.05) is 36.8 Å². The van der Waals surface area contributed by atoms with Gasteiger partial charge in [-0.25, -0.2) is 9.18 Å². The fraction of sp³-hybridized carbons (Fsp3) is 0.417. The summed E-state index contributed by atoms with van der Waals surface area (Å²) in [6, 6.07) is 11.7. The monoisotopic (exact) mass is 425 g/mol. The van der Waals surface area contributed by atoms with Gasteiger partial charge in [-0.2, -0.15) is 0 Å². The summed E-state index contributed by atoms with van der Waals surface area (Å²) in [6.45, 7) is 4.56. The smallest absolute Gasteiger partial charge is 0.411 e. The van der Waals surface area contributed by atoms with Crippen molar-refractivity contribution < 1.29 is 18.7 Å². The highest BCUT2D eigenvalue weighted by atomic mass is 19.1. The van der Waals surface area contributed by atoms with E-state index >= 15 is 0 Å². The summed E-state index contributed by atoms with van der Waals surface area (Å²) < 4.78 is 18.3. The number of rotatable bonds is 7. The number of piperidine rings is 1. The van der Waals surface area contributed by atoms with Crippen LogP contribution in [0.4, 0.5) is 14.9 Å². The maximum atomic E-state index is 13.0. The first-order valence-corrected chi connectivity index (χ1v) is 10.9. The minimum absolute atomic E-state index is 0.00809. The van der Waals surface area contributed by atoms with Crippen LogP contribution in [0.1, 0.15) is 40.7 Å². The first-order valence-electron chi connectivity index (χ1n) is 10.9. The molecule has 2 aliphatic heterocycles. The van der Waals surface area contributed by atoms with Crippen LogP contribution in [0.5, 0.6) is 0 Å². The molecule has 2 aliphatic rings. The van der Waals surface area contributed by atoms with E-state index in [2.05, 4.69) is 15.5 Å². The van der Waals surface area contributed by atoms with Crippen LogP contribution in [0, 0.1) is 11.7 Å². The summed E-state index contributed by atoms with van der Waals surface area (Å²) in [5.74, 6) is -0.236. The molecule has 31 heavy (non-hydrogen) atoms. The molecule has 0 radical (unpaired) electrons. The summed E-state index contributed by atoms with van der Waals surface area (Å²) in [7, 11) is 0. The number of fused-ring (bicyclic) bond motifs is 1. The van der Waals surface area contributed by atoms with E-state index in [1.54, 1.807) is 12.1 Å². The molecule has 0 unspecified atom stereocenters. The lowest BCUT2D eigenvalue weighted by molar-refractivity contribution is 0.0830. The lowest BCUT2D eigenvalue weighted by Crippen LogP contribution is -2.37. The Kier molecular flexibility index (Phi) is 6.94. The van der Waals surface area contributed by atoms with E-state index in [1.807, 2.05) is 18.2 Å². The Bertz CT molecular complexity index is 924. The van der Waals surface area contributed by atoms with E-state index in [0.29, 0.717) is 12.2 Å². The van der Waals surface area contributed by atoms with Gasteiger partial charge in [0.15, 0.2) is 5.78 Å². The minimum Gasteiger partial charge on any atom is -0.449 e. The SMILES string of the molecule is O=C(Nc1ccc2c(c1)CNC2)OCCCN1CCC(C(=O)c2ccc(F)cc2)CC1. The first-order chi connectivity index (χ1) is 15.1. The molecule has 1 saturated heterocycles. The second kappa shape index (κ2) is 10.0. The van der Waals surface area contributed by atoms with Gasteiger partial charge in [-0.15, -0.1) is 0 Å². The second-order valence-electron chi connectivity index (χ2n) is 8.19.